The van der Waals surface area contributed by atoms with Gasteiger partial charge >= 0.3 is 0 Å². The molecule has 2 rings (SSSR count). The molecular weight excluding hydrogens is 330 g/mol. The molecule has 0 aliphatic carbocycles. The van der Waals surface area contributed by atoms with Gasteiger partial charge in [0.2, 0.25) is 0 Å². The van der Waals surface area contributed by atoms with E-state index in [1.165, 1.54) is 5.56 Å². The molecule has 1 amide bonds. The molecule has 0 aromatic heterocycles. The zero-order valence-corrected chi connectivity index (χ0v) is 14.9. The van der Waals surface area contributed by atoms with E-state index in [4.69, 9.17) is 12.2 Å². The van der Waals surface area contributed by atoms with Gasteiger partial charge in [-0.25, -0.2) is 0 Å². The molecule has 1 aromatic carbocycles. The number of carbonyl (C=O) groups excluding carboxylic acids is 2. The third-order valence-electron chi connectivity index (χ3n) is 3.69. The molecule has 0 radical (unpaired) electrons. The molecule has 0 saturated carbocycles. The average Bonchev–Trinajstić information content (AvgIpc) is 2.76. The Hall–Kier alpha value is -1.66. The molecule has 122 valence electrons. The van der Waals surface area contributed by atoms with Crippen molar-refractivity contribution in [2.45, 2.75) is 39.2 Å². The van der Waals surface area contributed by atoms with E-state index < -0.39 is 12.0 Å². The van der Waals surface area contributed by atoms with Crippen molar-refractivity contribution in [3.05, 3.63) is 40.3 Å². The van der Waals surface area contributed by atoms with Gasteiger partial charge in [0.05, 0.1) is 16.9 Å². The van der Waals surface area contributed by atoms with Crippen LogP contribution in [0.25, 0.3) is 6.08 Å². The van der Waals surface area contributed by atoms with E-state index in [1.807, 2.05) is 24.3 Å². The van der Waals surface area contributed by atoms with Crippen LogP contribution in [0.15, 0.2) is 29.2 Å². The van der Waals surface area contributed by atoms with Crippen LogP contribution in [0.3, 0.4) is 0 Å². The summed E-state index contributed by atoms with van der Waals surface area (Å²) in [5.74, 6) is -1.22. The predicted octanol–water partition coefficient (Wildman–Crippen LogP) is 2.54. The maximum atomic E-state index is 12.5. The molecule has 1 fully saturated rings. The second kappa shape index (κ2) is 7.27. The molecule has 1 saturated heterocycles. The normalized spacial score (nSPS) is 18.1. The summed E-state index contributed by atoms with van der Waals surface area (Å²) in [5, 5.41) is 11.2. The summed E-state index contributed by atoms with van der Waals surface area (Å²) in [6, 6.07) is 6.91. The van der Waals surface area contributed by atoms with Crippen LogP contribution in [0.2, 0.25) is 0 Å². The zero-order chi connectivity index (χ0) is 17.1. The van der Waals surface area contributed by atoms with Gasteiger partial charge in [-0.15, -0.1) is 0 Å². The van der Waals surface area contributed by atoms with Crippen molar-refractivity contribution in [2.75, 3.05) is 0 Å². The third kappa shape index (κ3) is 3.82. The van der Waals surface area contributed by atoms with Crippen molar-refractivity contribution in [2.24, 2.45) is 0 Å². The monoisotopic (exact) mass is 348 g/mol. The molecule has 0 spiro atoms. The molecule has 1 atom stereocenters. The van der Waals surface area contributed by atoms with Gasteiger partial charge in [0, 0.05) is 0 Å². The van der Waals surface area contributed by atoms with Gasteiger partial charge in [-0.1, -0.05) is 69.0 Å². The minimum Gasteiger partial charge on any atom is -0.548 e. The Morgan fingerprint density at radius 1 is 1.35 bits per heavy atom. The van der Waals surface area contributed by atoms with E-state index in [9.17, 15) is 14.7 Å². The van der Waals surface area contributed by atoms with Crippen LogP contribution < -0.4 is 5.11 Å². The summed E-state index contributed by atoms with van der Waals surface area (Å²) in [6.45, 7) is 5.92. The Bertz CT molecular complexity index is 665. The highest BCUT2D eigenvalue weighted by Crippen LogP contribution is 2.34. The maximum absolute atomic E-state index is 12.5. The molecule has 1 aromatic rings. The second-order valence-electron chi connectivity index (χ2n) is 5.62. The van der Waals surface area contributed by atoms with Gasteiger partial charge in [0.1, 0.15) is 4.32 Å². The highest BCUT2D eigenvalue weighted by atomic mass is 32.2. The summed E-state index contributed by atoms with van der Waals surface area (Å²) in [4.78, 5) is 25.2. The Kier molecular flexibility index (Phi) is 5.59. The first-order chi connectivity index (χ1) is 10.8. The molecule has 0 N–H and O–H groups in total. The molecular formula is C17H18NO3S2-. The number of hydrogen-bond donors (Lipinski definition) is 0. The number of nitrogens with zero attached hydrogens (tertiary/aromatic N) is 1. The summed E-state index contributed by atoms with van der Waals surface area (Å²) in [5.41, 5.74) is 2.11. The van der Waals surface area contributed by atoms with Crippen LogP contribution in [0.5, 0.6) is 0 Å². The fourth-order valence-corrected chi connectivity index (χ4v) is 3.69. The highest BCUT2D eigenvalue weighted by molar-refractivity contribution is 8.26. The number of amides is 1. The van der Waals surface area contributed by atoms with Crippen LogP contribution in [0, 0.1) is 0 Å². The molecule has 1 heterocycles. The van der Waals surface area contributed by atoms with Crippen LogP contribution in [-0.2, 0) is 9.59 Å². The smallest absolute Gasteiger partial charge is 0.266 e. The second-order valence-corrected chi connectivity index (χ2v) is 7.29. The topological polar surface area (TPSA) is 60.4 Å². The van der Waals surface area contributed by atoms with Gasteiger partial charge in [0.15, 0.2) is 0 Å². The first-order valence-corrected chi connectivity index (χ1v) is 8.65. The average molecular weight is 348 g/mol. The largest absolute Gasteiger partial charge is 0.548 e. The predicted molar refractivity (Wildman–Crippen MR) is 94.6 cm³/mol. The van der Waals surface area contributed by atoms with E-state index in [0.717, 1.165) is 22.2 Å². The lowest BCUT2D eigenvalue weighted by Crippen LogP contribution is -2.49. The Labute approximate surface area is 145 Å². The number of carboxylic acids is 1. The molecule has 23 heavy (non-hydrogen) atoms. The van der Waals surface area contributed by atoms with E-state index >= 15 is 0 Å². The van der Waals surface area contributed by atoms with E-state index in [2.05, 4.69) is 13.8 Å². The van der Waals surface area contributed by atoms with Crippen LogP contribution in [-0.4, -0.2) is 27.1 Å². The molecule has 1 aliphatic heterocycles. The number of rotatable bonds is 5. The van der Waals surface area contributed by atoms with Gasteiger partial charge in [-0.2, -0.15) is 0 Å². The van der Waals surface area contributed by atoms with E-state index in [-0.39, 0.29) is 16.6 Å². The highest BCUT2D eigenvalue weighted by Gasteiger charge is 2.36. The van der Waals surface area contributed by atoms with Gasteiger partial charge < -0.3 is 9.90 Å². The number of benzene rings is 1. The van der Waals surface area contributed by atoms with Crippen molar-refractivity contribution in [3.8, 4) is 0 Å². The Morgan fingerprint density at radius 2 is 1.96 bits per heavy atom. The first kappa shape index (κ1) is 17.7. The molecule has 0 unspecified atom stereocenters. The quantitative estimate of drug-likeness (QED) is 0.604. The van der Waals surface area contributed by atoms with Crippen molar-refractivity contribution in [3.63, 3.8) is 0 Å². The fourth-order valence-electron chi connectivity index (χ4n) is 2.33. The molecule has 0 bridgehead atoms. The molecule has 6 heteroatoms. The van der Waals surface area contributed by atoms with Crippen molar-refractivity contribution < 1.29 is 14.7 Å². The van der Waals surface area contributed by atoms with Crippen molar-refractivity contribution in [1.29, 1.82) is 0 Å². The summed E-state index contributed by atoms with van der Waals surface area (Å²) in [6.07, 6.45) is 2.00. The van der Waals surface area contributed by atoms with Crippen LogP contribution >= 0.6 is 24.0 Å². The molecule has 4 nitrogen and oxygen atoms in total. The van der Waals surface area contributed by atoms with Gasteiger partial charge in [-0.3, -0.25) is 9.69 Å². The lowest BCUT2D eigenvalue weighted by atomic mass is 10.0. The van der Waals surface area contributed by atoms with Crippen molar-refractivity contribution in [1.82, 2.24) is 4.90 Å². The Morgan fingerprint density at radius 3 is 2.43 bits per heavy atom. The minimum absolute atomic E-state index is 0.255. The number of carboxylic acid groups (broad SMARTS) is 1. The molecule has 1 aliphatic rings. The lowest BCUT2D eigenvalue weighted by Gasteiger charge is -2.26. The van der Waals surface area contributed by atoms with Crippen LogP contribution in [0.4, 0.5) is 0 Å². The summed E-state index contributed by atoms with van der Waals surface area (Å²) >= 11 is 6.29. The van der Waals surface area contributed by atoms with Gasteiger partial charge in [-0.05, 0) is 29.5 Å². The van der Waals surface area contributed by atoms with Gasteiger partial charge in [0.25, 0.3) is 5.91 Å². The lowest BCUT2D eigenvalue weighted by molar-refractivity contribution is -0.310. The minimum atomic E-state index is -1.29. The summed E-state index contributed by atoms with van der Waals surface area (Å²) < 4.78 is 0.260. The third-order valence-corrected chi connectivity index (χ3v) is 5.03. The Balaban J connectivity index is 2.26. The maximum Gasteiger partial charge on any atom is 0.266 e. The first-order valence-electron chi connectivity index (χ1n) is 7.43. The van der Waals surface area contributed by atoms with E-state index in [0.29, 0.717) is 10.8 Å². The summed E-state index contributed by atoms with van der Waals surface area (Å²) in [7, 11) is 0. The number of aliphatic carboxylic acids is 1. The van der Waals surface area contributed by atoms with Crippen LogP contribution in [0.1, 0.15) is 44.2 Å². The number of carbonyl (C=O) groups is 2. The SMILES string of the molecule is CC[C@H](C(=O)[O-])N1C(=O)/C(=C/c2ccc(C(C)C)cc2)SC1=S. The van der Waals surface area contributed by atoms with E-state index in [1.54, 1.807) is 13.0 Å². The number of hydrogen-bond acceptors (Lipinski definition) is 5. The number of thiocarbonyl (C=S) groups is 1. The standard InChI is InChI=1S/C17H19NO3S2/c1-4-13(16(20)21)18-15(19)14(23-17(18)22)9-11-5-7-12(8-6-11)10(2)3/h5-10,13H,4H2,1-3H3,(H,20,21)/p-1/b14-9-/t13-/m1/s1. The zero-order valence-electron chi connectivity index (χ0n) is 13.2. The van der Waals surface area contributed by atoms with Crippen molar-refractivity contribution >= 4 is 46.3 Å². The fraction of sp³-hybridized carbons (Fsp3) is 0.353. The number of thioether (sulfide) groups is 1.